The third kappa shape index (κ3) is 3.48. The smallest absolute Gasteiger partial charge is 0.289 e. The molecule has 0 aromatic heterocycles. The molecule has 100 valence electrons. The van der Waals surface area contributed by atoms with Crippen LogP contribution in [0.2, 0.25) is 0 Å². The van der Waals surface area contributed by atoms with Crippen LogP contribution in [0.5, 0.6) is 5.75 Å². The van der Waals surface area contributed by atoms with Gasteiger partial charge in [-0.15, -0.1) is 0 Å². The Labute approximate surface area is 117 Å². The van der Waals surface area contributed by atoms with Crippen molar-refractivity contribution in [2.24, 2.45) is 0 Å². The van der Waals surface area contributed by atoms with E-state index in [2.05, 4.69) is 35.8 Å². The second-order valence-corrected chi connectivity index (χ2v) is 5.46. The first-order valence-electron chi connectivity index (χ1n) is 5.94. The molecule has 3 nitrogen and oxygen atoms in total. The molecule has 1 rings (SSSR count). The van der Waals surface area contributed by atoms with Crippen LogP contribution < -0.4 is 4.74 Å². The highest BCUT2D eigenvalue weighted by Gasteiger charge is 2.13. The molecular formula is C14H20BrNO2. The third-order valence-electron chi connectivity index (χ3n) is 3.02. The lowest BCUT2D eigenvalue weighted by Gasteiger charge is -2.19. The Kier molecular flexibility index (Phi) is 5.20. The molecule has 0 bridgehead atoms. The Morgan fingerprint density at radius 2 is 2.06 bits per heavy atom. The maximum Gasteiger partial charge on any atom is 0.289 e. The van der Waals surface area contributed by atoms with E-state index in [1.807, 2.05) is 13.0 Å². The Morgan fingerprint density at radius 1 is 1.44 bits per heavy atom. The monoisotopic (exact) mass is 313 g/mol. The lowest BCUT2D eigenvalue weighted by atomic mass is 9.96. The highest BCUT2D eigenvalue weighted by Crippen LogP contribution is 2.30. The number of amides is 1. The molecule has 0 heterocycles. The molecule has 18 heavy (non-hydrogen) atoms. The van der Waals surface area contributed by atoms with E-state index in [9.17, 15) is 4.79 Å². The van der Waals surface area contributed by atoms with Gasteiger partial charge < -0.3 is 9.64 Å². The van der Waals surface area contributed by atoms with Gasteiger partial charge >= 0.3 is 0 Å². The fourth-order valence-corrected chi connectivity index (χ4v) is 1.99. The number of halogens is 1. The summed E-state index contributed by atoms with van der Waals surface area (Å²) in [5.41, 5.74) is 3.46. The van der Waals surface area contributed by atoms with Crippen LogP contribution in [0.15, 0.2) is 12.1 Å². The van der Waals surface area contributed by atoms with Gasteiger partial charge in [-0.25, -0.2) is 0 Å². The largest absolute Gasteiger partial charge is 0.496 e. The average Bonchev–Trinajstić information content (AvgIpc) is 2.30. The minimum absolute atomic E-state index is 0.108. The van der Waals surface area contributed by atoms with Crippen LogP contribution in [0.3, 0.4) is 0 Å². The number of nitrogens with zero attached hydrogens (tertiary/aromatic N) is 1. The van der Waals surface area contributed by atoms with Crippen LogP contribution in [-0.4, -0.2) is 23.9 Å². The van der Waals surface area contributed by atoms with Crippen LogP contribution in [0.25, 0.3) is 0 Å². The first-order chi connectivity index (χ1) is 8.36. The fraction of sp³-hybridized carbons (Fsp3) is 0.500. The van der Waals surface area contributed by atoms with Gasteiger partial charge in [-0.3, -0.25) is 4.79 Å². The van der Waals surface area contributed by atoms with Crippen molar-refractivity contribution < 1.29 is 9.53 Å². The molecule has 0 radical (unpaired) electrons. The molecule has 0 spiro atoms. The Balaban J connectivity index is 3.13. The van der Waals surface area contributed by atoms with Crippen molar-refractivity contribution in [2.45, 2.75) is 33.2 Å². The first kappa shape index (κ1) is 15.0. The number of carbonyl (C=O) groups is 1. The van der Waals surface area contributed by atoms with Gasteiger partial charge in [0.2, 0.25) is 0 Å². The van der Waals surface area contributed by atoms with E-state index in [0.29, 0.717) is 12.5 Å². The van der Waals surface area contributed by atoms with Crippen molar-refractivity contribution in [1.82, 2.24) is 4.90 Å². The molecule has 0 saturated carbocycles. The van der Waals surface area contributed by atoms with Gasteiger partial charge in [0, 0.05) is 29.5 Å². The first-order valence-corrected chi connectivity index (χ1v) is 6.74. The average molecular weight is 314 g/mol. The van der Waals surface area contributed by atoms with E-state index in [1.165, 1.54) is 5.56 Å². The van der Waals surface area contributed by atoms with Crippen molar-refractivity contribution in [1.29, 1.82) is 0 Å². The summed E-state index contributed by atoms with van der Waals surface area (Å²) in [6.45, 7) is 6.90. The van der Waals surface area contributed by atoms with E-state index in [4.69, 9.17) is 4.74 Å². The van der Waals surface area contributed by atoms with Crippen molar-refractivity contribution in [2.75, 3.05) is 14.2 Å². The summed E-state index contributed by atoms with van der Waals surface area (Å²) >= 11 is 2.96. The molecule has 0 aliphatic carbocycles. The number of methoxy groups -OCH3 is 1. The number of aryl methyl sites for hydroxylation is 1. The van der Waals surface area contributed by atoms with Gasteiger partial charge in [-0.1, -0.05) is 13.8 Å². The zero-order valence-corrected chi connectivity index (χ0v) is 13.2. The molecule has 0 aliphatic heterocycles. The topological polar surface area (TPSA) is 29.5 Å². The number of hydrogen-bond acceptors (Lipinski definition) is 2. The van der Waals surface area contributed by atoms with Crippen molar-refractivity contribution in [3.63, 3.8) is 0 Å². The van der Waals surface area contributed by atoms with Crippen LogP contribution in [0.4, 0.5) is 4.79 Å². The zero-order valence-electron chi connectivity index (χ0n) is 11.6. The molecule has 0 saturated heterocycles. The summed E-state index contributed by atoms with van der Waals surface area (Å²) in [4.78, 5) is 12.7. The molecular weight excluding hydrogens is 294 g/mol. The van der Waals surface area contributed by atoms with Crippen molar-refractivity contribution in [3.8, 4) is 5.75 Å². The normalized spacial score (nSPS) is 10.6. The second-order valence-electron chi connectivity index (χ2n) is 4.78. The number of benzene rings is 1. The summed E-state index contributed by atoms with van der Waals surface area (Å²) in [5, 5.41) is 0. The highest BCUT2D eigenvalue weighted by atomic mass is 79.9. The van der Waals surface area contributed by atoms with Crippen LogP contribution >= 0.6 is 15.9 Å². The number of carbonyl (C=O) groups excluding carboxylic acids is 1. The minimum atomic E-state index is -0.108. The molecule has 1 aromatic carbocycles. The molecule has 0 fully saturated rings. The van der Waals surface area contributed by atoms with Gasteiger partial charge in [0.25, 0.3) is 4.82 Å². The fourth-order valence-electron chi connectivity index (χ4n) is 1.86. The summed E-state index contributed by atoms with van der Waals surface area (Å²) in [6.07, 6.45) is 0. The van der Waals surface area contributed by atoms with Gasteiger partial charge in [0.1, 0.15) is 5.75 Å². The lowest BCUT2D eigenvalue weighted by molar-refractivity contribution is 0.233. The molecule has 0 unspecified atom stereocenters. The van der Waals surface area contributed by atoms with E-state index in [-0.39, 0.29) is 4.82 Å². The zero-order chi connectivity index (χ0) is 13.9. The van der Waals surface area contributed by atoms with Crippen LogP contribution in [0, 0.1) is 6.92 Å². The van der Waals surface area contributed by atoms with E-state index >= 15 is 0 Å². The maximum atomic E-state index is 11.2. The number of hydrogen-bond donors (Lipinski definition) is 0. The standard InChI is InChI=1S/C14H20BrNO2/c1-9(2)12-7-11(8-16(4)14(15)17)10(3)6-13(12)18-5/h6-7,9H,8H2,1-5H3. The predicted molar refractivity (Wildman–Crippen MR) is 77.6 cm³/mol. The van der Waals surface area contributed by atoms with Crippen LogP contribution in [0.1, 0.15) is 36.5 Å². The summed E-state index contributed by atoms with van der Waals surface area (Å²) in [6, 6.07) is 4.17. The Hall–Kier alpha value is -1.03. The molecule has 4 heteroatoms. The number of ether oxygens (including phenoxy) is 1. The van der Waals surface area contributed by atoms with E-state index in [1.54, 1.807) is 19.1 Å². The lowest BCUT2D eigenvalue weighted by Crippen LogP contribution is -2.20. The summed E-state index contributed by atoms with van der Waals surface area (Å²) in [7, 11) is 3.46. The second kappa shape index (κ2) is 6.23. The van der Waals surface area contributed by atoms with Crippen molar-refractivity contribution >= 4 is 20.7 Å². The van der Waals surface area contributed by atoms with Gasteiger partial charge in [-0.05, 0) is 41.7 Å². The maximum absolute atomic E-state index is 11.2. The Morgan fingerprint density at radius 3 is 2.50 bits per heavy atom. The molecule has 1 aromatic rings. The van der Waals surface area contributed by atoms with Gasteiger partial charge in [-0.2, -0.15) is 0 Å². The summed E-state index contributed by atoms with van der Waals surface area (Å²) < 4.78 is 5.41. The summed E-state index contributed by atoms with van der Waals surface area (Å²) in [5.74, 6) is 1.31. The highest BCUT2D eigenvalue weighted by molar-refractivity contribution is 9.18. The van der Waals surface area contributed by atoms with E-state index in [0.717, 1.165) is 16.9 Å². The Bertz CT molecular complexity index is 444. The molecule has 0 atom stereocenters. The molecule has 0 aliphatic rings. The molecule has 1 amide bonds. The van der Waals surface area contributed by atoms with Crippen LogP contribution in [-0.2, 0) is 6.54 Å². The van der Waals surface area contributed by atoms with Gasteiger partial charge in [0.05, 0.1) is 7.11 Å². The third-order valence-corrected chi connectivity index (χ3v) is 3.62. The minimum Gasteiger partial charge on any atom is -0.496 e. The molecule has 0 N–H and O–H groups in total. The van der Waals surface area contributed by atoms with E-state index < -0.39 is 0 Å². The van der Waals surface area contributed by atoms with Crippen molar-refractivity contribution in [3.05, 3.63) is 28.8 Å². The number of rotatable bonds is 4. The quantitative estimate of drug-likeness (QED) is 0.619. The SMILES string of the molecule is COc1cc(C)c(CN(C)C(=O)Br)cc1C(C)C. The predicted octanol–water partition coefficient (Wildman–Crippen LogP) is 4.07. The van der Waals surface area contributed by atoms with Gasteiger partial charge in [0.15, 0.2) is 0 Å².